The van der Waals surface area contributed by atoms with Crippen molar-refractivity contribution in [1.29, 1.82) is 0 Å². The summed E-state index contributed by atoms with van der Waals surface area (Å²) in [6, 6.07) is 6.12. The molecule has 0 radical (unpaired) electrons. The molecule has 19 heavy (non-hydrogen) atoms. The van der Waals surface area contributed by atoms with Crippen molar-refractivity contribution in [1.82, 2.24) is 10.2 Å². The van der Waals surface area contributed by atoms with E-state index >= 15 is 0 Å². The van der Waals surface area contributed by atoms with Gasteiger partial charge in [0.1, 0.15) is 5.75 Å². The molecule has 2 N–H and O–H groups in total. The van der Waals surface area contributed by atoms with Crippen LogP contribution in [0.25, 0.3) is 0 Å². The lowest BCUT2D eigenvalue weighted by molar-refractivity contribution is 0.0343. The van der Waals surface area contributed by atoms with Crippen LogP contribution in [0.2, 0.25) is 0 Å². The predicted molar refractivity (Wildman–Crippen MR) is 76.4 cm³/mol. The smallest absolute Gasteiger partial charge is 0.120 e. The van der Waals surface area contributed by atoms with Gasteiger partial charge in [-0.2, -0.15) is 0 Å². The van der Waals surface area contributed by atoms with E-state index in [9.17, 15) is 5.11 Å². The molecule has 1 aliphatic heterocycles. The molecule has 1 fully saturated rings. The number of phenols is 1. The van der Waals surface area contributed by atoms with Crippen LogP contribution in [0.1, 0.15) is 18.1 Å². The van der Waals surface area contributed by atoms with Crippen LogP contribution in [0.5, 0.6) is 5.75 Å². The number of aryl methyl sites for hydroxylation is 1. The monoisotopic (exact) mass is 264 g/mol. The van der Waals surface area contributed by atoms with Gasteiger partial charge in [-0.05, 0) is 19.9 Å². The van der Waals surface area contributed by atoms with Gasteiger partial charge in [0.15, 0.2) is 0 Å². The Bertz CT molecular complexity index is 403. The third-order valence-electron chi connectivity index (χ3n) is 3.51. The van der Waals surface area contributed by atoms with Gasteiger partial charge < -0.3 is 15.2 Å². The Morgan fingerprint density at radius 2 is 2.11 bits per heavy atom. The quantitative estimate of drug-likeness (QED) is 0.846. The topological polar surface area (TPSA) is 44.7 Å². The third-order valence-corrected chi connectivity index (χ3v) is 3.51. The minimum atomic E-state index is 0.372. The normalized spacial score (nSPS) is 18.4. The minimum absolute atomic E-state index is 0.372. The van der Waals surface area contributed by atoms with Crippen molar-refractivity contribution in [3.63, 3.8) is 0 Å². The SMILES string of the molecule is Cc1ccc(O)c(CNC(C)CN2CCOCC2)c1. The molecule has 1 aromatic rings. The fourth-order valence-electron chi connectivity index (χ4n) is 2.38. The van der Waals surface area contributed by atoms with Crippen molar-refractivity contribution in [3.05, 3.63) is 29.3 Å². The summed E-state index contributed by atoms with van der Waals surface area (Å²) < 4.78 is 5.34. The molecule has 1 saturated heterocycles. The van der Waals surface area contributed by atoms with Gasteiger partial charge in [0.2, 0.25) is 0 Å². The van der Waals surface area contributed by atoms with E-state index in [1.165, 1.54) is 5.56 Å². The summed E-state index contributed by atoms with van der Waals surface area (Å²) in [6.45, 7) is 9.66. The summed E-state index contributed by atoms with van der Waals surface area (Å²) >= 11 is 0. The zero-order chi connectivity index (χ0) is 13.7. The first-order valence-corrected chi connectivity index (χ1v) is 6.97. The van der Waals surface area contributed by atoms with E-state index in [2.05, 4.69) is 17.1 Å². The summed E-state index contributed by atoms with van der Waals surface area (Å²) in [4.78, 5) is 2.41. The van der Waals surface area contributed by atoms with Gasteiger partial charge in [-0.3, -0.25) is 4.90 Å². The molecule has 1 unspecified atom stereocenters. The van der Waals surface area contributed by atoms with E-state index in [0.717, 1.165) is 38.4 Å². The van der Waals surface area contributed by atoms with Gasteiger partial charge >= 0.3 is 0 Å². The second-order valence-electron chi connectivity index (χ2n) is 5.33. The number of nitrogens with zero attached hydrogens (tertiary/aromatic N) is 1. The van der Waals surface area contributed by atoms with Crippen LogP contribution in [0, 0.1) is 6.92 Å². The fourth-order valence-corrected chi connectivity index (χ4v) is 2.38. The van der Waals surface area contributed by atoms with Crippen LogP contribution >= 0.6 is 0 Å². The Hall–Kier alpha value is -1.10. The number of nitrogens with one attached hydrogen (secondary N) is 1. The molecular formula is C15H24N2O2. The molecule has 1 heterocycles. The van der Waals surface area contributed by atoms with Crippen molar-refractivity contribution in [2.75, 3.05) is 32.8 Å². The first-order valence-electron chi connectivity index (χ1n) is 6.97. The molecule has 1 aromatic carbocycles. The van der Waals surface area contributed by atoms with Crippen LogP contribution < -0.4 is 5.32 Å². The average Bonchev–Trinajstić information content (AvgIpc) is 2.41. The molecule has 4 nitrogen and oxygen atoms in total. The van der Waals surface area contributed by atoms with Crippen LogP contribution in [-0.2, 0) is 11.3 Å². The molecule has 1 atom stereocenters. The van der Waals surface area contributed by atoms with Gasteiger partial charge in [0.05, 0.1) is 13.2 Å². The summed E-state index contributed by atoms with van der Waals surface area (Å²) in [5.41, 5.74) is 2.14. The summed E-state index contributed by atoms with van der Waals surface area (Å²) in [5.74, 6) is 0.372. The minimum Gasteiger partial charge on any atom is -0.508 e. The van der Waals surface area contributed by atoms with Gasteiger partial charge in [-0.15, -0.1) is 0 Å². The first kappa shape index (κ1) is 14.3. The maximum absolute atomic E-state index is 9.80. The van der Waals surface area contributed by atoms with Gasteiger partial charge in [-0.1, -0.05) is 17.7 Å². The third kappa shape index (κ3) is 4.49. The largest absolute Gasteiger partial charge is 0.508 e. The standard InChI is InChI=1S/C15H24N2O2/c1-12-3-4-15(18)14(9-12)10-16-13(2)11-17-5-7-19-8-6-17/h3-4,9,13,16,18H,5-8,10-11H2,1-2H3. The Morgan fingerprint density at radius 3 is 2.84 bits per heavy atom. The highest BCUT2D eigenvalue weighted by atomic mass is 16.5. The Morgan fingerprint density at radius 1 is 1.37 bits per heavy atom. The van der Waals surface area contributed by atoms with E-state index in [4.69, 9.17) is 4.74 Å². The zero-order valence-electron chi connectivity index (χ0n) is 11.9. The summed E-state index contributed by atoms with van der Waals surface area (Å²) in [6.07, 6.45) is 0. The van der Waals surface area contributed by atoms with E-state index < -0.39 is 0 Å². The molecule has 106 valence electrons. The van der Waals surface area contributed by atoms with Crippen molar-refractivity contribution in [3.8, 4) is 5.75 Å². The molecule has 4 heteroatoms. The van der Waals surface area contributed by atoms with Crippen molar-refractivity contribution in [2.45, 2.75) is 26.4 Å². The summed E-state index contributed by atoms with van der Waals surface area (Å²) in [7, 11) is 0. The summed E-state index contributed by atoms with van der Waals surface area (Å²) in [5, 5.41) is 13.3. The number of phenolic OH excluding ortho intramolecular Hbond substituents is 1. The number of benzene rings is 1. The molecule has 0 amide bonds. The highest BCUT2D eigenvalue weighted by Crippen LogP contribution is 2.17. The molecule has 0 spiro atoms. The van der Waals surface area contributed by atoms with Crippen LogP contribution in [0.15, 0.2) is 18.2 Å². The van der Waals surface area contributed by atoms with Crippen molar-refractivity contribution >= 4 is 0 Å². The molecule has 0 aliphatic carbocycles. The van der Waals surface area contributed by atoms with Crippen molar-refractivity contribution in [2.24, 2.45) is 0 Å². The first-order chi connectivity index (χ1) is 9.15. The molecule has 0 saturated carbocycles. The zero-order valence-corrected chi connectivity index (χ0v) is 11.9. The average molecular weight is 264 g/mol. The maximum atomic E-state index is 9.80. The van der Waals surface area contributed by atoms with Crippen LogP contribution in [-0.4, -0.2) is 48.9 Å². The van der Waals surface area contributed by atoms with Gasteiger partial charge in [0, 0.05) is 37.8 Å². The second kappa shape index (κ2) is 6.89. The maximum Gasteiger partial charge on any atom is 0.120 e. The van der Waals surface area contributed by atoms with Crippen LogP contribution in [0.4, 0.5) is 0 Å². The van der Waals surface area contributed by atoms with E-state index in [1.807, 2.05) is 19.1 Å². The molecule has 0 bridgehead atoms. The lowest BCUT2D eigenvalue weighted by atomic mass is 10.1. The Balaban J connectivity index is 1.79. The molecule has 1 aliphatic rings. The lowest BCUT2D eigenvalue weighted by Crippen LogP contribution is -2.44. The number of rotatable bonds is 5. The highest BCUT2D eigenvalue weighted by molar-refractivity contribution is 5.35. The van der Waals surface area contributed by atoms with E-state index in [-0.39, 0.29) is 0 Å². The number of morpholine rings is 1. The lowest BCUT2D eigenvalue weighted by Gasteiger charge is -2.29. The van der Waals surface area contributed by atoms with Crippen LogP contribution in [0.3, 0.4) is 0 Å². The Kier molecular flexibility index (Phi) is 5.19. The fraction of sp³-hybridized carbons (Fsp3) is 0.600. The van der Waals surface area contributed by atoms with Gasteiger partial charge in [-0.25, -0.2) is 0 Å². The molecule has 0 aromatic heterocycles. The Labute approximate surface area is 115 Å². The molecular weight excluding hydrogens is 240 g/mol. The number of hydrogen-bond acceptors (Lipinski definition) is 4. The van der Waals surface area contributed by atoms with Crippen molar-refractivity contribution < 1.29 is 9.84 Å². The van der Waals surface area contributed by atoms with E-state index in [0.29, 0.717) is 18.3 Å². The van der Waals surface area contributed by atoms with E-state index in [1.54, 1.807) is 6.07 Å². The second-order valence-corrected chi connectivity index (χ2v) is 5.33. The number of hydrogen-bond donors (Lipinski definition) is 2. The molecule has 2 rings (SSSR count). The highest BCUT2D eigenvalue weighted by Gasteiger charge is 2.13. The number of ether oxygens (including phenoxy) is 1. The predicted octanol–water partition coefficient (Wildman–Crippen LogP) is 1.51. The number of aromatic hydroxyl groups is 1. The van der Waals surface area contributed by atoms with Gasteiger partial charge in [0.25, 0.3) is 0 Å².